The highest BCUT2D eigenvalue weighted by atomic mass is 32.1. The van der Waals surface area contributed by atoms with E-state index in [0.717, 1.165) is 17.8 Å². The van der Waals surface area contributed by atoms with E-state index in [1.807, 2.05) is 20.8 Å². The van der Waals surface area contributed by atoms with Gasteiger partial charge in [0, 0.05) is 31.9 Å². The molecular weight excluding hydrogens is 530 g/mol. The van der Waals surface area contributed by atoms with Crippen LogP contribution in [0.2, 0.25) is 0 Å². The third kappa shape index (κ3) is 12.7. The number of nitrogens with zero attached hydrogens (tertiary/aromatic N) is 3. The molecule has 1 atom stereocenters. The van der Waals surface area contributed by atoms with Crippen LogP contribution in [-0.2, 0) is 33.5 Å². The number of rotatable bonds is 6. The summed E-state index contributed by atoms with van der Waals surface area (Å²) < 4.78 is 10.5. The minimum absolute atomic E-state index is 0.158. The summed E-state index contributed by atoms with van der Waals surface area (Å²) >= 11 is 1.08. The minimum atomic E-state index is -1.44. The number of ether oxygens (including phenoxy) is 2. The number of likely N-dealkylation sites (N-methyl/N-ethyl adjacent to an activating group) is 1. The van der Waals surface area contributed by atoms with Crippen molar-refractivity contribution < 1.29 is 38.3 Å². The lowest BCUT2D eigenvalue weighted by Gasteiger charge is -2.34. The zero-order valence-corrected chi connectivity index (χ0v) is 25.4. The predicted molar refractivity (Wildman–Crippen MR) is 148 cm³/mol. The van der Waals surface area contributed by atoms with Crippen molar-refractivity contribution in [2.45, 2.75) is 91.6 Å². The van der Waals surface area contributed by atoms with Crippen LogP contribution in [0.25, 0.3) is 0 Å². The molecule has 1 saturated heterocycles. The Morgan fingerprint density at radius 1 is 1.08 bits per heavy atom. The fraction of sp³-hybridized carbons (Fsp3) is 0.640. The van der Waals surface area contributed by atoms with Gasteiger partial charge in [-0.25, -0.2) is 14.6 Å². The molecule has 0 aromatic carbocycles. The van der Waals surface area contributed by atoms with Crippen LogP contribution in [0.15, 0.2) is 10.5 Å². The SMILES string of the molecule is C=O.CNC(=O)/C(=N\OC(C)(C)C(=O)OC(C)(C)C)c1csc(NC(=O)OC(C)(C)C)n1.C[C@@H]1CC(=O)N1C. The van der Waals surface area contributed by atoms with Gasteiger partial charge in [0.25, 0.3) is 5.91 Å². The van der Waals surface area contributed by atoms with Crippen LogP contribution in [-0.4, -0.2) is 83.2 Å². The summed E-state index contributed by atoms with van der Waals surface area (Å²) in [4.78, 5) is 66.1. The number of hydrogen-bond donors (Lipinski definition) is 2. The molecule has 1 fully saturated rings. The minimum Gasteiger partial charge on any atom is -0.457 e. The van der Waals surface area contributed by atoms with Crippen molar-refractivity contribution in [1.29, 1.82) is 0 Å². The van der Waals surface area contributed by atoms with E-state index in [0.29, 0.717) is 6.04 Å². The van der Waals surface area contributed by atoms with E-state index >= 15 is 0 Å². The highest BCUT2D eigenvalue weighted by molar-refractivity contribution is 7.14. The van der Waals surface area contributed by atoms with Crippen molar-refractivity contribution in [2.24, 2.45) is 5.16 Å². The molecule has 0 bridgehead atoms. The molecule has 220 valence electrons. The van der Waals surface area contributed by atoms with E-state index in [2.05, 4.69) is 20.8 Å². The van der Waals surface area contributed by atoms with E-state index < -0.39 is 34.8 Å². The summed E-state index contributed by atoms with van der Waals surface area (Å²) in [7, 11) is 3.25. The average Bonchev–Trinajstić information content (AvgIpc) is 3.26. The maximum atomic E-state index is 12.3. The number of likely N-dealkylation sites (tertiary alicyclic amines) is 1. The number of anilines is 1. The number of carbonyl (C=O) groups is 5. The van der Waals surface area contributed by atoms with E-state index in [-0.39, 0.29) is 22.4 Å². The van der Waals surface area contributed by atoms with Crippen LogP contribution in [0.1, 0.15) is 74.4 Å². The van der Waals surface area contributed by atoms with Crippen LogP contribution < -0.4 is 10.6 Å². The molecular formula is C25H41N5O8S. The van der Waals surface area contributed by atoms with Crippen molar-refractivity contribution in [3.63, 3.8) is 0 Å². The summed E-state index contributed by atoms with van der Waals surface area (Å²) in [5, 5.41) is 10.5. The Hall–Kier alpha value is -3.55. The van der Waals surface area contributed by atoms with Crippen LogP contribution >= 0.6 is 11.3 Å². The first-order chi connectivity index (χ1) is 17.8. The van der Waals surface area contributed by atoms with E-state index in [4.69, 9.17) is 19.1 Å². The zero-order valence-electron chi connectivity index (χ0n) is 24.6. The van der Waals surface area contributed by atoms with Crippen LogP contribution in [0, 0.1) is 0 Å². The first-order valence-corrected chi connectivity index (χ1v) is 12.9. The standard InChI is InChI=1S/C19H30N4O6S.C5H9NO.CH2O/c1-17(2,3)27-14(25)19(7,8)29-23-12(13(24)20-9)11-10-30-15(21-11)22-16(26)28-18(4,5)6;1-4-3-5(7)6(4)2;1-2/h10H,1-9H3,(H,20,24)(H,21,22,26);4H,3H2,1-2H3;1H2/b23-12-;;/t;4-;/m.1./s1. The van der Waals surface area contributed by atoms with Gasteiger partial charge in [-0.3, -0.25) is 14.9 Å². The summed E-state index contributed by atoms with van der Waals surface area (Å²) in [6.07, 6.45) is 0.0698. The molecule has 3 amide bonds. The van der Waals surface area contributed by atoms with Crippen LogP contribution in [0.4, 0.5) is 9.93 Å². The summed E-state index contributed by atoms with van der Waals surface area (Å²) in [5.41, 5.74) is -2.82. The molecule has 0 radical (unpaired) electrons. The second-order valence-electron chi connectivity index (χ2n) is 10.8. The molecule has 14 heteroatoms. The summed E-state index contributed by atoms with van der Waals surface area (Å²) in [6, 6.07) is 0.493. The molecule has 0 spiro atoms. The Morgan fingerprint density at radius 3 is 2.00 bits per heavy atom. The van der Waals surface area contributed by atoms with Gasteiger partial charge in [-0.1, -0.05) is 5.16 Å². The quantitative estimate of drug-likeness (QED) is 0.226. The third-order valence-corrected chi connectivity index (χ3v) is 5.33. The number of aromatic nitrogens is 1. The van der Waals surface area contributed by atoms with Gasteiger partial charge in [-0.05, 0) is 62.3 Å². The van der Waals surface area contributed by atoms with Gasteiger partial charge in [0.1, 0.15) is 23.7 Å². The van der Waals surface area contributed by atoms with Gasteiger partial charge in [0.15, 0.2) is 10.8 Å². The highest BCUT2D eigenvalue weighted by Crippen LogP contribution is 2.21. The van der Waals surface area contributed by atoms with Crippen LogP contribution in [0.3, 0.4) is 0 Å². The van der Waals surface area contributed by atoms with Gasteiger partial charge in [-0.2, -0.15) is 0 Å². The smallest absolute Gasteiger partial charge is 0.413 e. The summed E-state index contributed by atoms with van der Waals surface area (Å²) in [5.74, 6) is -0.947. The van der Waals surface area contributed by atoms with Crippen molar-refractivity contribution in [3.8, 4) is 0 Å². The first-order valence-electron chi connectivity index (χ1n) is 12.0. The molecule has 0 saturated carbocycles. The molecule has 2 N–H and O–H groups in total. The topological polar surface area (TPSA) is 166 Å². The first kappa shape index (κ1) is 35.5. The highest BCUT2D eigenvalue weighted by Gasteiger charge is 2.36. The second kappa shape index (κ2) is 14.6. The summed E-state index contributed by atoms with van der Waals surface area (Å²) in [6.45, 7) is 17.4. The third-order valence-electron chi connectivity index (χ3n) is 4.58. The van der Waals surface area contributed by atoms with Crippen molar-refractivity contribution in [2.75, 3.05) is 19.4 Å². The second-order valence-corrected chi connectivity index (χ2v) is 11.7. The molecule has 13 nitrogen and oxygen atoms in total. The number of oxime groups is 1. The lowest BCUT2D eigenvalue weighted by molar-refractivity contribution is -0.179. The fourth-order valence-electron chi connectivity index (χ4n) is 2.42. The maximum Gasteiger partial charge on any atom is 0.413 e. The number of β-lactam (4-membered cyclic amide) rings is 1. The molecule has 1 aromatic rings. The Kier molecular flexibility index (Phi) is 13.2. The van der Waals surface area contributed by atoms with E-state index in [9.17, 15) is 19.2 Å². The largest absolute Gasteiger partial charge is 0.457 e. The van der Waals surface area contributed by atoms with Crippen molar-refractivity contribution in [1.82, 2.24) is 15.2 Å². The number of thiazole rings is 1. The number of amides is 3. The van der Waals surface area contributed by atoms with Crippen LogP contribution in [0.5, 0.6) is 0 Å². The van der Waals surface area contributed by atoms with Gasteiger partial charge in [0.05, 0.1) is 0 Å². The number of hydrogen-bond acceptors (Lipinski definition) is 11. The van der Waals surface area contributed by atoms with Crippen molar-refractivity contribution >= 4 is 52.8 Å². The number of esters is 1. The lowest BCUT2D eigenvalue weighted by Crippen LogP contribution is -2.47. The molecule has 2 heterocycles. The predicted octanol–water partition coefficient (Wildman–Crippen LogP) is 3.13. The van der Waals surface area contributed by atoms with Gasteiger partial charge < -0.3 is 29.3 Å². The number of nitrogens with one attached hydrogen (secondary N) is 2. The Bertz CT molecular complexity index is 1040. The molecule has 0 unspecified atom stereocenters. The zero-order chi connectivity index (χ0) is 30.8. The average molecular weight is 572 g/mol. The van der Waals surface area contributed by atoms with Gasteiger partial charge in [0.2, 0.25) is 11.5 Å². The lowest BCUT2D eigenvalue weighted by atomic mass is 10.1. The molecule has 1 aliphatic heterocycles. The number of carbonyl (C=O) groups excluding carboxylic acids is 5. The van der Waals surface area contributed by atoms with Gasteiger partial charge >= 0.3 is 12.1 Å². The normalized spacial score (nSPS) is 15.4. The maximum absolute atomic E-state index is 12.3. The van der Waals surface area contributed by atoms with Gasteiger partial charge in [-0.15, -0.1) is 11.3 Å². The molecule has 1 aliphatic rings. The molecule has 0 aliphatic carbocycles. The Labute approximate surface area is 233 Å². The van der Waals surface area contributed by atoms with Crippen molar-refractivity contribution in [3.05, 3.63) is 11.1 Å². The monoisotopic (exact) mass is 571 g/mol. The molecule has 39 heavy (non-hydrogen) atoms. The van der Waals surface area contributed by atoms with E-state index in [1.165, 1.54) is 26.3 Å². The van der Waals surface area contributed by atoms with E-state index in [1.54, 1.807) is 46.4 Å². The Balaban J connectivity index is 0.00000136. The molecule has 1 aromatic heterocycles. The Morgan fingerprint density at radius 2 is 1.62 bits per heavy atom. The fourth-order valence-corrected chi connectivity index (χ4v) is 3.10. The molecule has 2 rings (SSSR count).